The predicted octanol–water partition coefficient (Wildman–Crippen LogP) is 2.28. The van der Waals surface area contributed by atoms with Crippen LogP contribution < -0.4 is 10.6 Å². The topological polar surface area (TPSA) is 58.2 Å². The van der Waals surface area contributed by atoms with E-state index in [4.69, 9.17) is 0 Å². The lowest BCUT2D eigenvalue weighted by molar-refractivity contribution is -0.136. The highest BCUT2D eigenvalue weighted by molar-refractivity contribution is 7.07. The summed E-state index contributed by atoms with van der Waals surface area (Å²) in [6, 6.07) is 4.47. The minimum Gasteiger partial charge on any atom is -0.344 e. The van der Waals surface area contributed by atoms with Crippen LogP contribution in [0.2, 0.25) is 0 Å². The van der Waals surface area contributed by atoms with E-state index in [1.165, 1.54) is 11.3 Å². The maximum Gasteiger partial charge on any atom is 0.313 e. The van der Waals surface area contributed by atoms with E-state index in [2.05, 4.69) is 10.6 Å². The molecule has 0 aliphatic carbocycles. The number of carbonyl (C=O) groups excluding carboxylic acids is 2. The first-order chi connectivity index (χ1) is 9.56. The number of carbonyl (C=O) groups is 2. The van der Waals surface area contributed by atoms with Gasteiger partial charge in [0.2, 0.25) is 0 Å². The van der Waals surface area contributed by atoms with E-state index < -0.39 is 23.4 Å². The minimum atomic E-state index is -1.01. The summed E-state index contributed by atoms with van der Waals surface area (Å²) in [7, 11) is 0. The van der Waals surface area contributed by atoms with Crippen LogP contribution in [0.15, 0.2) is 35.0 Å². The van der Waals surface area contributed by atoms with Gasteiger partial charge in [-0.2, -0.15) is 11.3 Å². The molecule has 20 heavy (non-hydrogen) atoms. The van der Waals surface area contributed by atoms with Crippen molar-refractivity contribution in [1.29, 1.82) is 0 Å². The monoisotopic (exact) mass is 296 g/mol. The summed E-state index contributed by atoms with van der Waals surface area (Å²) in [5.41, 5.74) is 0.617. The number of rotatable bonds is 3. The number of halogens is 2. The molecule has 1 aromatic carbocycles. The molecule has 4 nitrogen and oxygen atoms in total. The van der Waals surface area contributed by atoms with E-state index in [1.807, 2.05) is 16.8 Å². The second kappa shape index (κ2) is 6.25. The first-order valence-corrected chi connectivity index (χ1v) is 6.56. The Morgan fingerprint density at radius 1 is 1.15 bits per heavy atom. The molecule has 2 N–H and O–H groups in total. The summed E-state index contributed by atoms with van der Waals surface area (Å²) >= 11 is 1.47. The van der Waals surface area contributed by atoms with Gasteiger partial charge in [-0.3, -0.25) is 9.59 Å². The van der Waals surface area contributed by atoms with Crippen LogP contribution in [0.5, 0.6) is 0 Å². The van der Waals surface area contributed by atoms with Crippen molar-refractivity contribution in [3.05, 3.63) is 52.2 Å². The third-order valence-corrected chi connectivity index (χ3v) is 3.15. The molecule has 0 fully saturated rings. The van der Waals surface area contributed by atoms with Gasteiger partial charge in [0.1, 0.15) is 11.6 Å². The average Bonchev–Trinajstić information content (AvgIpc) is 2.92. The van der Waals surface area contributed by atoms with Crippen molar-refractivity contribution in [3.8, 4) is 0 Å². The smallest absolute Gasteiger partial charge is 0.313 e. The highest BCUT2D eigenvalue weighted by Gasteiger charge is 2.15. The molecule has 0 bridgehead atoms. The molecular formula is C13H10F2N2O2S. The zero-order chi connectivity index (χ0) is 14.5. The molecular weight excluding hydrogens is 286 g/mol. The first kappa shape index (κ1) is 14.1. The Hall–Kier alpha value is -2.28. The summed E-state index contributed by atoms with van der Waals surface area (Å²) in [6.07, 6.45) is 0. The van der Waals surface area contributed by atoms with Crippen LogP contribution >= 0.6 is 11.3 Å². The van der Waals surface area contributed by atoms with Crippen LogP contribution in [0.25, 0.3) is 0 Å². The van der Waals surface area contributed by atoms with Gasteiger partial charge in [0.15, 0.2) is 0 Å². The molecule has 7 heteroatoms. The molecule has 0 saturated carbocycles. The Morgan fingerprint density at radius 2 is 1.95 bits per heavy atom. The SMILES string of the molecule is O=C(NCc1ccsc1)C(=O)Nc1ccc(F)cc1F. The van der Waals surface area contributed by atoms with Gasteiger partial charge in [-0.05, 0) is 34.5 Å². The maximum atomic E-state index is 13.3. The maximum absolute atomic E-state index is 13.3. The molecule has 0 radical (unpaired) electrons. The molecule has 0 aliphatic rings. The third-order valence-electron chi connectivity index (χ3n) is 2.42. The highest BCUT2D eigenvalue weighted by Crippen LogP contribution is 2.14. The van der Waals surface area contributed by atoms with Gasteiger partial charge in [0.05, 0.1) is 5.69 Å². The number of benzene rings is 1. The number of hydrogen-bond acceptors (Lipinski definition) is 3. The van der Waals surface area contributed by atoms with Crippen LogP contribution in [0.3, 0.4) is 0 Å². The molecule has 0 atom stereocenters. The molecule has 2 aromatic rings. The summed E-state index contributed by atoms with van der Waals surface area (Å²) < 4.78 is 26.0. The fourth-order valence-corrected chi connectivity index (χ4v) is 2.09. The van der Waals surface area contributed by atoms with E-state index in [-0.39, 0.29) is 12.2 Å². The van der Waals surface area contributed by atoms with E-state index in [9.17, 15) is 18.4 Å². The van der Waals surface area contributed by atoms with Crippen LogP contribution in [-0.2, 0) is 16.1 Å². The van der Waals surface area contributed by atoms with Crippen molar-refractivity contribution in [2.75, 3.05) is 5.32 Å². The highest BCUT2D eigenvalue weighted by atomic mass is 32.1. The van der Waals surface area contributed by atoms with Gasteiger partial charge in [0, 0.05) is 12.6 Å². The molecule has 104 valence electrons. The second-order valence-electron chi connectivity index (χ2n) is 3.89. The summed E-state index contributed by atoms with van der Waals surface area (Å²) in [5, 5.41) is 8.15. The normalized spacial score (nSPS) is 10.1. The minimum absolute atomic E-state index is 0.210. The van der Waals surface area contributed by atoms with Crippen molar-refractivity contribution in [2.24, 2.45) is 0 Å². The molecule has 2 amide bonds. The Bertz CT molecular complexity index is 629. The number of thiophene rings is 1. The Kier molecular flexibility index (Phi) is 4.41. The van der Waals surface area contributed by atoms with Crippen molar-refractivity contribution in [2.45, 2.75) is 6.54 Å². The van der Waals surface area contributed by atoms with Gasteiger partial charge in [-0.15, -0.1) is 0 Å². The Morgan fingerprint density at radius 3 is 2.60 bits per heavy atom. The molecule has 1 aromatic heterocycles. The predicted molar refractivity (Wildman–Crippen MR) is 71.2 cm³/mol. The van der Waals surface area contributed by atoms with Crippen molar-refractivity contribution >= 4 is 28.8 Å². The van der Waals surface area contributed by atoms with E-state index in [1.54, 1.807) is 0 Å². The van der Waals surface area contributed by atoms with Crippen LogP contribution in [0, 0.1) is 11.6 Å². The zero-order valence-corrected chi connectivity index (χ0v) is 11.0. The van der Waals surface area contributed by atoms with Gasteiger partial charge in [-0.25, -0.2) is 8.78 Å². The van der Waals surface area contributed by atoms with Crippen molar-refractivity contribution < 1.29 is 18.4 Å². The molecule has 2 rings (SSSR count). The molecule has 0 aliphatic heterocycles. The van der Waals surface area contributed by atoms with E-state index >= 15 is 0 Å². The fourth-order valence-electron chi connectivity index (χ4n) is 1.43. The molecule has 0 unspecified atom stereocenters. The second-order valence-corrected chi connectivity index (χ2v) is 4.67. The Balaban J connectivity index is 1.92. The van der Waals surface area contributed by atoms with E-state index in [0.717, 1.165) is 17.7 Å². The average molecular weight is 296 g/mol. The molecule has 0 spiro atoms. The summed E-state index contributed by atoms with van der Waals surface area (Å²) in [5.74, 6) is -3.60. The lowest BCUT2D eigenvalue weighted by Gasteiger charge is -2.06. The number of amides is 2. The lowest BCUT2D eigenvalue weighted by Crippen LogP contribution is -2.35. The number of hydrogen-bond donors (Lipinski definition) is 2. The van der Waals surface area contributed by atoms with Crippen LogP contribution in [0.4, 0.5) is 14.5 Å². The third kappa shape index (κ3) is 3.61. The fraction of sp³-hybridized carbons (Fsp3) is 0.0769. The largest absolute Gasteiger partial charge is 0.344 e. The van der Waals surface area contributed by atoms with Gasteiger partial charge >= 0.3 is 11.8 Å². The summed E-state index contributed by atoms with van der Waals surface area (Å²) in [6.45, 7) is 0.210. The first-order valence-electron chi connectivity index (χ1n) is 5.61. The zero-order valence-electron chi connectivity index (χ0n) is 10.2. The van der Waals surface area contributed by atoms with Gasteiger partial charge < -0.3 is 10.6 Å². The van der Waals surface area contributed by atoms with Gasteiger partial charge in [0.25, 0.3) is 0 Å². The van der Waals surface area contributed by atoms with Gasteiger partial charge in [-0.1, -0.05) is 0 Å². The molecule has 0 saturated heterocycles. The van der Waals surface area contributed by atoms with Crippen molar-refractivity contribution in [3.63, 3.8) is 0 Å². The number of anilines is 1. The summed E-state index contributed by atoms with van der Waals surface area (Å²) in [4.78, 5) is 23.0. The molecule has 1 heterocycles. The number of nitrogens with one attached hydrogen (secondary N) is 2. The Labute approximate surface area is 117 Å². The lowest BCUT2D eigenvalue weighted by atomic mass is 10.3. The van der Waals surface area contributed by atoms with Crippen molar-refractivity contribution in [1.82, 2.24) is 5.32 Å². The quantitative estimate of drug-likeness (QED) is 0.854. The van der Waals surface area contributed by atoms with Crippen LogP contribution in [0.1, 0.15) is 5.56 Å². The van der Waals surface area contributed by atoms with Crippen LogP contribution in [-0.4, -0.2) is 11.8 Å². The van der Waals surface area contributed by atoms with E-state index in [0.29, 0.717) is 6.07 Å². The standard InChI is InChI=1S/C13H10F2N2O2S/c14-9-1-2-11(10(15)5-9)17-13(19)12(18)16-6-8-3-4-20-7-8/h1-5,7H,6H2,(H,16,18)(H,17,19).